The number of carboxylic acids is 1. The van der Waals surface area contributed by atoms with Crippen LogP contribution in [0.4, 0.5) is 5.69 Å². The molecular weight excluding hydrogens is 310 g/mol. The van der Waals surface area contributed by atoms with Gasteiger partial charge in [0, 0.05) is 29.3 Å². The second-order valence-electron chi connectivity index (χ2n) is 4.50. The molecule has 1 aromatic rings. The van der Waals surface area contributed by atoms with Crippen molar-refractivity contribution in [3.8, 4) is 0 Å². The van der Waals surface area contributed by atoms with E-state index in [9.17, 15) is 4.79 Å². The second-order valence-corrected chi connectivity index (χ2v) is 5.36. The van der Waals surface area contributed by atoms with E-state index in [0.29, 0.717) is 0 Å². The SMILES string of the molecule is CC1CN(c2ccc(/C=C/C(=O)O)c(Br)c2)CCO1. The van der Waals surface area contributed by atoms with Crippen LogP contribution in [0.25, 0.3) is 6.08 Å². The number of benzene rings is 1. The zero-order chi connectivity index (χ0) is 13.8. The van der Waals surface area contributed by atoms with Crippen LogP contribution in [0, 0.1) is 0 Å². The summed E-state index contributed by atoms with van der Waals surface area (Å²) in [7, 11) is 0. The lowest BCUT2D eigenvalue weighted by molar-refractivity contribution is -0.131. The zero-order valence-corrected chi connectivity index (χ0v) is 12.3. The number of morpholine rings is 1. The lowest BCUT2D eigenvalue weighted by Gasteiger charge is -2.33. The van der Waals surface area contributed by atoms with E-state index in [1.165, 1.54) is 0 Å². The van der Waals surface area contributed by atoms with Crippen molar-refractivity contribution in [2.45, 2.75) is 13.0 Å². The first-order chi connectivity index (χ1) is 9.06. The van der Waals surface area contributed by atoms with Gasteiger partial charge in [-0.3, -0.25) is 0 Å². The molecule has 1 saturated heterocycles. The van der Waals surface area contributed by atoms with Crippen LogP contribution in [0.2, 0.25) is 0 Å². The van der Waals surface area contributed by atoms with Gasteiger partial charge >= 0.3 is 5.97 Å². The number of aliphatic carboxylic acids is 1. The predicted octanol–water partition coefficient (Wildman–Crippen LogP) is 2.77. The molecule has 1 unspecified atom stereocenters. The molecule has 1 heterocycles. The van der Waals surface area contributed by atoms with Crippen molar-refractivity contribution in [2.75, 3.05) is 24.6 Å². The van der Waals surface area contributed by atoms with Gasteiger partial charge in [-0.25, -0.2) is 4.79 Å². The molecule has 1 aliphatic heterocycles. The van der Waals surface area contributed by atoms with Crippen LogP contribution < -0.4 is 4.90 Å². The molecule has 1 fully saturated rings. The standard InChI is InChI=1S/C14H16BrNO3/c1-10-9-16(6-7-19-10)12-4-2-11(13(15)8-12)3-5-14(17)18/h2-5,8,10H,6-7,9H2,1H3,(H,17,18)/b5-3+. The monoisotopic (exact) mass is 325 g/mol. The third kappa shape index (κ3) is 3.81. The van der Waals surface area contributed by atoms with Gasteiger partial charge in [-0.05, 0) is 30.7 Å². The largest absolute Gasteiger partial charge is 0.478 e. The summed E-state index contributed by atoms with van der Waals surface area (Å²) in [6.45, 7) is 4.54. The Morgan fingerprint density at radius 2 is 2.37 bits per heavy atom. The molecule has 102 valence electrons. The molecular formula is C14H16BrNO3. The number of hydrogen-bond donors (Lipinski definition) is 1. The first-order valence-corrected chi connectivity index (χ1v) is 6.92. The van der Waals surface area contributed by atoms with Crippen molar-refractivity contribution in [1.29, 1.82) is 0 Å². The Hall–Kier alpha value is -1.33. The predicted molar refractivity (Wildman–Crippen MR) is 78.4 cm³/mol. The van der Waals surface area contributed by atoms with Crippen LogP contribution in [0.15, 0.2) is 28.7 Å². The second kappa shape index (κ2) is 6.21. The summed E-state index contributed by atoms with van der Waals surface area (Å²) in [5, 5.41) is 8.63. The zero-order valence-electron chi connectivity index (χ0n) is 10.7. The number of nitrogens with zero attached hydrogens (tertiary/aromatic N) is 1. The quantitative estimate of drug-likeness (QED) is 0.868. The summed E-state index contributed by atoms with van der Waals surface area (Å²) in [5.74, 6) is -0.946. The van der Waals surface area contributed by atoms with Gasteiger partial charge in [0.1, 0.15) is 0 Å². The van der Waals surface area contributed by atoms with Crippen LogP contribution in [0.1, 0.15) is 12.5 Å². The van der Waals surface area contributed by atoms with E-state index in [1.807, 2.05) is 18.2 Å². The third-order valence-electron chi connectivity index (χ3n) is 3.00. The molecule has 0 saturated carbocycles. The Kier molecular flexibility index (Phi) is 4.61. The van der Waals surface area contributed by atoms with E-state index in [2.05, 4.69) is 27.8 Å². The number of carbonyl (C=O) groups is 1. The minimum Gasteiger partial charge on any atom is -0.478 e. The van der Waals surface area contributed by atoms with E-state index in [1.54, 1.807) is 6.08 Å². The summed E-state index contributed by atoms with van der Waals surface area (Å²) in [6.07, 6.45) is 2.95. The van der Waals surface area contributed by atoms with Gasteiger partial charge in [0.05, 0.1) is 12.7 Å². The van der Waals surface area contributed by atoms with Gasteiger partial charge in [-0.1, -0.05) is 22.0 Å². The number of carboxylic acid groups (broad SMARTS) is 1. The maximum Gasteiger partial charge on any atom is 0.328 e. The van der Waals surface area contributed by atoms with Gasteiger partial charge in [0.25, 0.3) is 0 Å². The third-order valence-corrected chi connectivity index (χ3v) is 3.68. The number of hydrogen-bond acceptors (Lipinski definition) is 3. The first-order valence-electron chi connectivity index (χ1n) is 6.13. The molecule has 1 aromatic carbocycles. The van der Waals surface area contributed by atoms with Gasteiger partial charge in [0.15, 0.2) is 0 Å². The molecule has 0 spiro atoms. The van der Waals surface area contributed by atoms with Crippen molar-refractivity contribution in [3.05, 3.63) is 34.3 Å². The topological polar surface area (TPSA) is 49.8 Å². The van der Waals surface area contributed by atoms with Gasteiger partial charge in [0.2, 0.25) is 0 Å². The maximum atomic E-state index is 10.5. The molecule has 2 rings (SSSR count). The Balaban J connectivity index is 2.16. The number of ether oxygens (including phenoxy) is 1. The summed E-state index contributed by atoms with van der Waals surface area (Å²) in [6, 6.07) is 5.93. The summed E-state index contributed by atoms with van der Waals surface area (Å²) in [4.78, 5) is 12.8. The van der Waals surface area contributed by atoms with E-state index >= 15 is 0 Å². The van der Waals surface area contributed by atoms with Crippen molar-refractivity contribution in [2.24, 2.45) is 0 Å². The molecule has 0 aliphatic carbocycles. The number of rotatable bonds is 3. The Labute approximate surface area is 120 Å². The summed E-state index contributed by atoms with van der Waals surface area (Å²) >= 11 is 3.48. The van der Waals surface area contributed by atoms with Gasteiger partial charge in [-0.2, -0.15) is 0 Å². The van der Waals surface area contributed by atoms with Crippen LogP contribution >= 0.6 is 15.9 Å². The molecule has 1 N–H and O–H groups in total. The average molecular weight is 326 g/mol. The molecule has 1 aliphatic rings. The van der Waals surface area contributed by atoms with E-state index in [0.717, 1.165) is 41.5 Å². The summed E-state index contributed by atoms with van der Waals surface area (Å²) < 4.78 is 6.41. The Morgan fingerprint density at radius 1 is 1.58 bits per heavy atom. The normalized spacial score (nSPS) is 19.9. The molecule has 0 aromatic heterocycles. The molecule has 1 atom stereocenters. The fourth-order valence-electron chi connectivity index (χ4n) is 2.06. The fourth-order valence-corrected chi connectivity index (χ4v) is 2.56. The highest BCUT2D eigenvalue weighted by molar-refractivity contribution is 9.10. The highest BCUT2D eigenvalue weighted by atomic mass is 79.9. The van der Waals surface area contributed by atoms with Crippen LogP contribution in [0.3, 0.4) is 0 Å². The first kappa shape index (κ1) is 14.1. The Bertz CT molecular complexity index is 501. The minimum absolute atomic E-state index is 0.235. The van der Waals surface area contributed by atoms with Crippen LogP contribution in [-0.4, -0.2) is 36.9 Å². The number of halogens is 1. The highest BCUT2D eigenvalue weighted by Gasteiger charge is 2.17. The minimum atomic E-state index is -0.946. The van der Waals surface area contributed by atoms with Gasteiger partial charge in [-0.15, -0.1) is 0 Å². The fraction of sp³-hybridized carbons (Fsp3) is 0.357. The van der Waals surface area contributed by atoms with Gasteiger partial charge < -0.3 is 14.7 Å². The maximum absolute atomic E-state index is 10.5. The number of anilines is 1. The molecule has 19 heavy (non-hydrogen) atoms. The van der Waals surface area contributed by atoms with Crippen LogP contribution in [-0.2, 0) is 9.53 Å². The van der Waals surface area contributed by atoms with Crippen molar-refractivity contribution < 1.29 is 14.6 Å². The Morgan fingerprint density at radius 3 is 3.00 bits per heavy atom. The van der Waals surface area contributed by atoms with Crippen molar-refractivity contribution >= 4 is 33.7 Å². The molecule has 0 bridgehead atoms. The molecule has 0 radical (unpaired) electrons. The van der Waals surface area contributed by atoms with E-state index in [4.69, 9.17) is 9.84 Å². The average Bonchev–Trinajstić information content (AvgIpc) is 2.37. The van der Waals surface area contributed by atoms with E-state index < -0.39 is 5.97 Å². The molecule has 0 amide bonds. The highest BCUT2D eigenvalue weighted by Crippen LogP contribution is 2.26. The smallest absolute Gasteiger partial charge is 0.328 e. The summed E-state index contributed by atoms with van der Waals surface area (Å²) in [5.41, 5.74) is 1.97. The van der Waals surface area contributed by atoms with Crippen molar-refractivity contribution in [1.82, 2.24) is 0 Å². The van der Waals surface area contributed by atoms with Crippen LogP contribution in [0.5, 0.6) is 0 Å². The van der Waals surface area contributed by atoms with E-state index in [-0.39, 0.29) is 6.10 Å². The van der Waals surface area contributed by atoms with Crippen molar-refractivity contribution in [3.63, 3.8) is 0 Å². The molecule has 4 nitrogen and oxygen atoms in total. The lowest BCUT2D eigenvalue weighted by Crippen LogP contribution is -2.41. The lowest BCUT2D eigenvalue weighted by atomic mass is 10.1. The molecule has 5 heteroatoms.